The number of nitrogens with zero attached hydrogens (tertiary/aromatic N) is 1. The van der Waals surface area contributed by atoms with Gasteiger partial charge in [-0.25, -0.2) is 0 Å². The first kappa shape index (κ1) is 19.4. The summed E-state index contributed by atoms with van der Waals surface area (Å²) in [6, 6.07) is 6.91. The van der Waals surface area contributed by atoms with E-state index < -0.39 is 6.10 Å². The maximum absolute atomic E-state index is 12.5. The molecule has 0 radical (unpaired) electrons. The highest BCUT2D eigenvalue weighted by Crippen LogP contribution is 2.31. The molecule has 3 fully saturated rings. The van der Waals surface area contributed by atoms with Crippen molar-refractivity contribution in [1.82, 2.24) is 4.90 Å². The van der Waals surface area contributed by atoms with Gasteiger partial charge >= 0.3 is 0 Å². The van der Waals surface area contributed by atoms with Crippen LogP contribution in [0.1, 0.15) is 56.6 Å². The Hall–Kier alpha value is -1.92. The number of aliphatic hydroxyl groups is 1. The molecular formula is C22H30N2O4. The van der Waals surface area contributed by atoms with E-state index in [4.69, 9.17) is 4.74 Å². The lowest BCUT2D eigenvalue weighted by atomic mass is 9.88. The van der Waals surface area contributed by atoms with E-state index in [0.717, 1.165) is 36.9 Å². The second-order valence-corrected chi connectivity index (χ2v) is 8.46. The molecule has 6 heteroatoms. The third-order valence-corrected chi connectivity index (χ3v) is 6.25. The number of nitrogens with one attached hydrogen (secondary N) is 1. The van der Waals surface area contributed by atoms with Gasteiger partial charge in [0.05, 0.1) is 12.6 Å². The van der Waals surface area contributed by atoms with Crippen molar-refractivity contribution in [3.8, 4) is 0 Å². The Morgan fingerprint density at radius 3 is 2.54 bits per heavy atom. The molecule has 1 aliphatic heterocycles. The van der Waals surface area contributed by atoms with E-state index in [1.165, 1.54) is 19.3 Å². The molecule has 6 nitrogen and oxygen atoms in total. The van der Waals surface area contributed by atoms with Crippen LogP contribution in [0.3, 0.4) is 0 Å². The molecule has 1 saturated heterocycles. The molecule has 1 aromatic carbocycles. The van der Waals surface area contributed by atoms with E-state index >= 15 is 0 Å². The van der Waals surface area contributed by atoms with E-state index in [1.807, 2.05) is 29.2 Å². The Morgan fingerprint density at radius 1 is 1.14 bits per heavy atom. The largest absolute Gasteiger partial charge is 0.386 e. The number of benzene rings is 1. The molecule has 4 rings (SSSR count). The second-order valence-electron chi connectivity index (χ2n) is 8.46. The zero-order valence-corrected chi connectivity index (χ0v) is 16.3. The highest BCUT2D eigenvalue weighted by molar-refractivity contribution is 5.94. The van der Waals surface area contributed by atoms with Gasteiger partial charge in [-0.05, 0) is 49.3 Å². The van der Waals surface area contributed by atoms with Gasteiger partial charge in [0, 0.05) is 18.2 Å². The lowest BCUT2D eigenvalue weighted by molar-refractivity contribution is -0.155. The number of carbonyl (C=O) groups is 2. The van der Waals surface area contributed by atoms with Crippen molar-refractivity contribution in [2.45, 2.75) is 57.1 Å². The average molecular weight is 386 g/mol. The second kappa shape index (κ2) is 8.62. The average Bonchev–Trinajstić information content (AvgIpc) is 3.56. The summed E-state index contributed by atoms with van der Waals surface area (Å²) in [5.74, 6) is 0.710. The van der Waals surface area contributed by atoms with Crippen LogP contribution < -0.4 is 5.32 Å². The Labute approximate surface area is 166 Å². The molecule has 2 saturated carbocycles. The van der Waals surface area contributed by atoms with Crippen LogP contribution in [-0.4, -0.2) is 47.6 Å². The molecule has 152 valence electrons. The lowest BCUT2D eigenvalue weighted by Gasteiger charge is -2.40. The van der Waals surface area contributed by atoms with Gasteiger partial charge in [-0.3, -0.25) is 9.59 Å². The fourth-order valence-corrected chi connectivity index (χ4v) is 4.35. The lowest BCUT2D eigenvalue weighted by Crippen LogP contribution is -2.53. The molecule has 1 heterocycles. The number of hydrogen-bond acceptors (Lipinski definition) is 4. The molecule has 0 spiro atoms. The van der Waals surface area contributed by atoms with E-state index in [1.54, 1.807) is 0 Å². The van der Waals surface area contributed by atoms with Gasteiger partial charge in [-0.15, -0.1) is 0 Å². The van der Waals surface area contributed by atoms with E-state index in [-0.39, 0.29) is 30.4 Å². The van der Waals surface area contributed by atoms with Gasteiger partial charge in [-0.1, -0.05) is 31.4 Å². The molecule has 2 N–H and O–H groups in total. The fraction of sp³-hybridized carbons (Fsp3) is 0.636. The minimum Gasteiger partial charge on any atom is -0.386 e. The van der Waals surface area contributed by atoms with Crippen LogP contribution in [0.2, 0.25) is 0 Å². The summed E-state index contributed by atoms with van der Waals surface area (Å²) in [6.07, 6.45) is 7.18. The zero-order valence-electron chi connectivity index (χ0n) is 16.3. The molecule has 28 heavy (non-hydrogen) atoms. The van der Waals surface area contributed by atoms with Crippen molar-refractivity contribution in [3.63, 3.8) is 0 Å². The molecule has 1 aromatic rings. The van der Waals surface area contributed by atoms with Crippen molar-refractivity contribution < 1.29 is 19.4 Å². The minimum absolute atomic E-state index is 0.0332. The van der Waals surface area contributed by atoms with Crippen LogP contribution in [0.25, 0.3) is 0 Å². The van der Waals surface area contributed by atoms with Crippen molar-refractivity contribution in [2.75, 3.05) is 25.1 Å². The Kier molecular flexibility index (Phi) is 5.97. The van der Waals surface area contributed by atoms with Crippen molar-refractivity contribution >= 4 is 17.5 Å². The first-order chi connectivity index (χ1) is 13.6. The van der Waals surface area contributed by atoms with Gasteiger partial charge < -0.3 is 20.1 Å². The number of rotatable bonds is 6. The number of anilines is 1. The topological polar surface area (TPSA) is 78.9 Å². The third-order valence-electron chi connectivity index (χ3n) is 6.25. The summed E-state index contributed by atoms with van der Waals surface area (Å²) in [7, 11) is 0. The van der Waals surface area contributed by atoms with Crippen molar-refractivity contribution in [2.24, 2.45) is 11.8 Å². The Balaban J connectivity index is 1.42. The van der Waals surface area contributed by atoms with Crippen molar-refractivity contribution in [1.29, 1.82) is 0 Å². The van der Waals surface area contributed by atoms with E-state index in [9.17, 15) is 14.7 Å². The Morgan fingerprint density at radius 2 is 1.86 bits per heavy atom. The van der Waals surface area contributed by atoms with Crippen LogP contribution >= 0.6 is 0 Å². The predicted molar refractivity (Wildman–Crippen MR) is 106 cm³/mol. The molecule has 0 aromatic heterocycles. The fourth-order valence-electron chi connectivity index (χ4n) is 4.35. The molecular weight excluding hydrogens is 356 g/mol. The zero-order chi connectivity index (χ0) is 19.5. The van der Waals surface area contributed by atoms with Crippen molar-refractivity contribution in [3.05, 3.63) is 29.8 Å². The summed E-state index contributed by atoms with van der Waals surface area (Å²) in [5.41, 5.74) is 1.48. The quantitative estimate of drug-likeness (QED) is 0.788. The highest BCUT2D eigenvalue weighted by Gasteiger charge is 2.36. The van der Waals surface area contributed by atoms with Gasteiger partial charge in [0.2, 0.25) is 11.8 Å². The standard InChI is InChI=1S/C22H30N2O4/c25-20-14-28-13-19(24(20)12-15-4-2-1-3-5-15)21(26)16-8-10-18(11-9-16)23-22(27)17-6-7-17/h8-11,15,17,19,21,26H,1-7,12-14H2,(H,23,27)/t19-,21-/m1/s1. The summed E-state index contributed by atoms with van der Waals surface area (Å²) >= 11 is 0. The summed E-state index contributed by atoms with van der Waals surface area (Å²) in [4.78, 5) is 26.2. The maximum atomic E-state index is 12.5. The van der Waals surface area contributed by atoms with Crippen LogP contribution in [0.4, 0.5) is 5.69 Å². The maximum Gasteiger partial charge on any atom is 0.249 e. The Bertz CT molecular complexity index is 695. The smallest absolute Gasteiger partial charge is 0.249 e. The molecule has 3 aliphatic rings. The number of hydrogen-bond donors (Lipinski definition) is 2. The molecule has 2 aliphatic carbocycles. The number of ether oxygens (including phenoxy) is 1. The molecule has 0 bridgehead atoms. The SMILES string of the molecule is O=C(Nc1ccc([C@@H](O)[C@H]2COCC(=O)N2CC2CCCCC2)cc1)C1CC1. The third kappa shape index (κ3) is 4.55. The van der Waals surface area contributed by atoms with Gasteiger partial charge in [-0.2, -0.15) is 0 Å². The normalized spacial score (nSPS) is 24.8. The predicted octanol–water partition coefficient (Wildman–Crippen LogP) is 2.88. The minimum atomic E-state index is -0.805. The van der Waals surface area contributed by atoms with Crippen LogP contribution in [0.15, 0.2) is 24.3 Å². The van der Waals surface area contributed by atoms with Crippen LogP contribution in [0.5, 0.6) is 0 Å². The molecule has 2 amide bonds. The van der Waals surface area contributed by atoms with Gasteiger partial charge in [0.25, 0.3) is 0 Å². The van der Waals surface area contributed by atoms with Gasteiger partial charge in [0.15, 0.2) is 0 Å². The highest BCUT2D eigenvalue weighted by atomic mass is 16.5. The van der Waals surface area contributed by atoms with Crippen LogP contribution in [0, 0.1) is 11.8 Å². The van der Waals surface area contributed by atoms with E-state index in [2.05, 4.69) is 5.32 Å². The van der Waals surface area contributed by atoms with E-state index in [0.29, 0.717) is 19.1 Å². The summed E-state index contributed by atoms with van der Waals surface area (Å²) in [5, 5.41) is 13.9. The van der Waals surface area contributed by atoms with Gasteiger partial charge in [0.1, 0.15) is 12.7 Å². The first-order valence-corrected chi connectivity index (χ1v) is 10.6. The van der Waals surface area contributed by atoms with Crippen LogP contribution in [-0.2, 0) is 14.3 Å². The number of carbonyl (C=O) groups excluding carboxylic acids is 2. The summed E-state index contributed by atoms with van der Waals surface area (Å²) in [6.45, 7) is 1.15. The first-order valence-electron chi connectivity index (χ1n) is 10.6. The molecule has 2 atom stereocenters. The number of aliphatic hydroxyl groups excluding tert-OH is 1. The molecule has 0 unspecified atom stereocenters. The monoisotopic (exact) mass is 386 g/mol. The number of amides is 2. The number of morpholine rings is 1. The summed E-state index contributed by atoms with van der Waals surface area (Å²) < 4.78 is 5.46.